The summed E-state index contributed by atoms with van der Waals surface area (Å²) in [6.07, 6.45) is 0.365. The van der Waals surface area contributed by atoms with Crippen molar-refractivity contribution in [1.82, 2.24) is 15.0 Å². The summed E-state index contributed by atoms with van der Waals surface area (Å²) < 4.78 is 72.0. The van der Waals surface area contributed by atoms with Crippen LogP contribution in [0.5, 0.6) is 5.75 Å². The number of hydrogen-bond acceptors (Lipinski definition) is 7. The fraction of sp³-hybridized carbons (Fsp3) is 0.208. The van der Waals surface area contributed by atoms with Gasteiger partial charge in [0.15, 0.2) is 9.84 Å². The molecular formula is C24H18F3N3O3S2. The molecule has 4 aromatic rings. The van der Waals surface area contributed by atoms with E-state index < -0.39 is 21.6 Å². The van der Waals surface area contributed by atoms with Gasteiger partial charge in [-0.1, -0.05) is 12.1 Å². The SMILES string of the molecule is O=S(=O)(Cc1ccncn1)c1ccc2c(c1)OCC[C@@H]2c1ccc(C(F)(F)F)cc1-c1nccs1. The van der Waals surface area contributed by atoms with Gasteiger partial charge in [0.2, 0.25) is 0 Å². The fourth-order valence-electron chi connectivity index (χ4n) is 4.15. The summed E-state index contributed by atoms with van der Waals surface area (Å²) in [6.45, 7) is 0.297. The molecule has 0 unspecified atom stereocenters. The average molecular weight is 518 g/mol. The summed E-state index contributed by atoms with van der Waals surface area (Å²) in [4.78, 5) is 12.1. The molecule has 3 heterocycles. The van der Waals surface area contributed by atoms with Crippen molar-refractivity contribution in [1.29, 1.82) is 0 Å². The number of sulfone groups is 1. The molecule has 0 fully saturated rings. The second-order valence-corrected chi connectivity index (χ2v) is 10.9. The van der Waals surface area contributed by atoms with Gasteiger partial charge in [0, 0.05) is 34.8 Å². The summed E-state index contributed by atoms with van der Waals surface area (Å²) >= 11 is 1.26. The standard InChI is InChI=1S/C24H18F3N3O3S2/c25-24(26,27)15-1-3-18(21(11-15)23-29-8-10-34-23)19-6-9-33-22-12-17(2-4-20(19)22)35(31,32)13-16-5-7-28-14-30-16/h1-5,7-8,10-12,14,19H,6,9,13H2/t19-/m1/s1. The third-order valence-electron chi connectivity index (χ3n) is 5.78. The maximum absolute atomic E-state index is 13.4. The number of alkyl halides is 3. The zero-order chi connectivity index (χ0) is 24.6. The molecular weight excluding hydrogens is 499 g/mol. The fourth-order valence-corrected chi connectivity index (χ4v) is 6.11. The molecule has 0 aliphatic carbocycles. The van der Waals surface area contributed by atoms with Gasteiger partial charge in [0.1, 0.15) is 17.1 Å². The van der Waals surface area contributed by atoms with Gasteiger partial charge >= 0.3 is 6.18 Å². The first-order chi connectivity index (χ1) is 16.7. The molecule has 0 radical (unpaired) electrons. The van der Waals surface area contributed by atoms with Crippen LogP contribution in [-0.4, -0.2) is 30.0 Å². The molecule has 1 aliphatic rings. The molecule has 0 N–H and O–H groups in total. The Morgan fingerprint density at radius 1 is 1.03 bits per heavy atom. The highest BCUT2D eigenvalue weighted by Crippen LogP contribution is 2.44. The van der Waals surface area contributed by atoms with E-state index in [1.165, 1.54) is 48.1 Å². The third-order valence-corrected chi connectivity index (χ3v) is 8.24. The Morgan fingerprint density at radius 3 is 2.57 bits per heavy atom. The Morgan fingerprint density at radius 2 is 1.86 bits per heavy atom. The smallest absolute Gasteiger partial charge is 0.416 e. The van der Waals surface area contributed by atoms with E-state index >= 15 is 0 Å². The third kappa shape index (κ3) is 4.78. The molecule has 11 heteroatoms. The molecule has 0 amide bonds. The first-order valence-corrected chi connectivity index (χ1v) is 13.1. The van der Waals surface area contributed by atoms with Gasteiger partial charge in [0.05, 0.1) is 28.5 Å². The first-order valence-electron chi connectivity index (χ1n) is 10.6. The minimum atomic E-state index is -4.48. The molecule has 1 aliphatic heterocycles. The van der Waals surface area contributed by atoms with E-state index in [1.807, 2.05) is 0 Å². The molecule has 5 rings (SSSR count). The molecule has 2 aromatic carbocycles. The van der Waals surface area contributed by atoms with Gasteiger partial charge in [-0.25, -0.2) is 23.4 Å². The van der Waals surface area contributed by atoms with E-state index in [2.05, 4.69) is 15.0 Å². The maximum Gasteiger partial charge on any atom is 0.416 e. The normalized spacial score (nSPS) is 15.9. The maximum atomic E-state index is 13.4. The molecule has 180 valence electrons. The predicted octanol–water partition coefficient (Wildman–Crippen LogP) is 5.51. The summed E-state index contributed by atoms with van der Waals surface area (Å²) in [5.74, 6) is -0.168. The highest BCUT2D eigenvalue weighted by molar-refractivity contribution is 7.90. The molecule has 0 saturated heterocycles. The lowest BCUT2D eigenvalue weighted by Gasteiger charge is -2.28. The number of aromatic nitrogens is 3. The number of thiazole rings is 1. The highest BCUT2D eigenvalue weighted by Gasteiger charge is 2.33. The molecule has 0 saturated carbocycles. The van der Waals surface area contributed by atoms with Crippen LogP contribution in [0.15, 0.2) is 71.5 Å². The number of halogens is 3. The van der Waals surface area contributed by atoms with E-state index in [0.29, 0.717) is 40.6 Å². The second-order valence-electron chi connectivity index (χ2n) is 7.99. The number of fused-ring (bicyclic) bond motifs is 1. The van der Waals surface area contributed by atoms with E-state index in [4.69, 9.17) is 4.74 Å². The Hall–Kier alpha value is -3.31. The van der Waals surface area contributed by atoms with Crippen molar-refractivity contribution in [2.75, 3.05) is 6.61 Å². The quantitative estimate of drug-likeness (QED) is 0.347. The van der Waals surface area contributed by atoms with Crippen LogP contribution >= 0.6 is 11.3 Å². The number of benzene rings is 2. The van der Waals surface area contributed by atoms with E-state index in [9.17, 15) is 21.6 Å². The zero-order valence-corrected chi connectivity index (χ0v) is 19.7. The predicted molar refractivity (Wildman–Crippen MR) is 124 cm³/mol. The lowest BCUT2D eigenvalue weighted by Crippen LogP contribution is -2.17. The number of hydrogen-bond donors (Lipinski definition) is 0. The number of ether oxygens (including phenoxy) is 1. The molecule has 0 bridgehead atoms. The highest BCUT2D eigenvalue weighted by atomic mass is 32.2. The Balaban J connectivity index is 1.54. The number of nitrogens with zero attached hydrogens (tertiary/aromatic N) is 3. The molecule has 6 nitrogen and oxygen atoms in total. The van der Waals surface area contributed by atoms with E-state index in [1.54, 1.807) is 17.6 Å². The second kappa shape index (κ2) is 9.04. The van der Waals surface area contributed by atoms with Crippen molar-refractivity contribution in [2.24, 2.45) is 0 Å². The van der Waals surface area contributed by atoms with E-state index in [-0.39, 0.29) is 16.6 Å². The van der Waals surface area contributed by atoms with Crippen molar-refractivity contribution in [3.8, 4) is 16.3 Å². The van der Waals surface area contributed by atoms with Crippen LogP contribution in [0.3, 0.4) is 0 Å². The van der Waals surface area contributed by atoms with Crippen LogP contribution in [0.25, 0.3) is 10.6 Å². The van der Waals surface area contributed by atoms with Gasteiger partial charge < -0.3 is 4.74 Å². The van der Waals surface area contributed by atoms with Crippen LogP contribution in [-0.2, 0) is 21.8 Å². The Labute approximate surface area is 203 Å². The summed E-state index contributed by atoms with van der Waals surface area (Å²) in [5.41, 5.74) is 1.44. The van der Waals surface area contributed by atoms with Crippen molar-refractivity contribution in [3.05, 3.63) is 88.9 Å². The number of rotatable bonds is 5. The van der Waals surface area contributed by atoms with Crippen molar-refractivity contribution >= 4 is 21.2 Å². The summed E-state index contributed by atoms with van der Waals surface area (Å²) in [6, 6.07) is 9.88. The van der Waals surface area contributed by atoms with Gasteiger partial charge in [-0.15, -0.1) is 11.3 Å². The van der Waals surface area contributed by atoms with E-state index in [0.717, 1.165) is 17.7 Å². The monoisotopic (exact) mass is 517 g/mol. The van der Waals surface area contributed by atoms with Gasteiger partial charge in [-0.2, -0.15) is 13.2 Å². The van der Waals surface area contributed by atoms with Crippen molar-refractivity contribution in [2.45, 2.75) is 29.2 Å². The van der Waals surface area contributed by atoms with Crippen molar-refractivity contribution < 1.29 is 26.3 Å². The van der Waals surface area contributed by atoms with Gasteiger partial charge in [-0.05, 0) is 42.3 Å². The Kier molecular flexibility index (Phi) is 6.06. The topological polar surface area (TPSA) is 82.0 Å². The van der Waals surface area contributed by atoms with Crippen LogP contribution in [0.4, 0.5) is 13.2 Å². The first kappa shape index (κ1) is 23.4. The average Bonchev–Trinajstić information content (AvgIpc) is 3.38. The molecule has 1 atom stereocenters. The van der Waals surface area contributed by atoms with Gasteiger partial charge in [0.25, 0.3) is 0 Å². The molecule has 2 aromatic heterocycles. The lowest BCUT2D eigenvalue weighted by atomic mass is 9.83. The summed E-state index contributed by atoms with van der Waals surface area (Å²) in [5, 5.41) is 2.20. The summed E-state index contributed by atoms with van der Waals surface area (Å²) in [7, 11) is -3.70. The zero-order valence-electron chi connectivity index (χ0n) is 18.1. The van der Waals surface area contributed by atoms with Crippen LogP contribution in [0.1, 0.15) is 34.7 Å². The van der Waals surface area contributed by atoms with Crippen molar-refractivity contribution in [3.63, 3.8) is 0 Å². The van der Waals surface area contributed by atoms with Crippen LogP contribution in [0, 0.1) is 0 Å². The minimum absolute atomic E-state index is 0.0862. The Bertz CT molecular complexity index is 1460. The van der Waals surface area contributed by atoms with Gasteiger partial charge in [-0.3, -0.25) is 0 Å². The largest absolute Gasteiger partial charge is 0.493 e. The molecule has 35 heavy (non-hydrogen) atoms. The lowest BCUT2D eigenvalue weighted by molar-refractivity contribution is -0.137. The molecule has 0 spiro atoms. The van der Waals surface area contributed by atoms with Crippen LogP contribution < -0.4 is 4.74 Å². The minimum Gasteiger partial charge on any atom is -0.493 e. The van der Waals surface area contributed by atoms with Crippen LogP contribution in [0.2, 0.25) is 0 Å².